The number of carbonyl (C=O) groups excluding carboxylic acids is 2. The molecule has 0 aromatic carbocycles. The Morgan fingerprint density at radius 1 is 1.59 bits per heavy atom. The van der Waals surface area contributed by atoms with Crippen molar-refractivity contribution in [1.82, 2.24) is 15.1 Å². The molecule has 0 radical (unpaired) electrons. The molecule has 0 spiro atoms. The number of thiol groups is 1. The summed E-state index contributed by atoms with van der Waals surface area (Å²) in [6.45, 7) is 4.87. The number of aromatic nitrogens is 2. The van der Waals surface area contributed by atoms with Crippen LogP contribution >= 0.6 is 12.6 Å². The van der Waals surface area contributed by atoms with Gasteiger partial charge < -0.3 is 10.1 Å². The summed E-state index contributed by atoms with van der Waals surface area (Å²) in [5.74, 6) is -1.01. The van der Waals surface area contributed by atoms with Crippen LogP contribution in [0.25, 0.3) is 0 Å². The van der Waals surface area contributed by atoms with E-state index in [-0.39, 0.29) is 23.7 Å². The lowest BCUT2D eigenvalue weighted by Gasteiger charge is -2.19. The van der Waals surface area contributed by atoms with Crippen molar-refractivity contribution >= 4 is 30.2 Å². The van der Waals surface area contributed by atoms with E-state index in [4.69, 9.17) is 4.74 Å². The van der Waals surface area contributed by atoms with Gasteiger partial charge in [0.05, 0.1) is 11.5 Å². The highest BCUT2D eigenvalue weighted by Gasteiger charge is 2.27. The third kappa shape index (κ3) is 3.97. The second-order valence-electron chi connectivity index (χ2n) is 4.49. The summed E-state index contributed by atoms with van der Waals surface area (Å²) in [6.07, 6.45) is 1.08. The minimum atomic E-state index is -0.885. The van der Waals surface area contributed by atoms with Gasteiger partial charge in [-0.25, -0.2) is 4.79 Å². The van der Waals surface area contributed by atoms with Gasteiger partial charge in [0.15, 0.2) is 0 Å². The van der Waals surface area contributed by atoms with Gasteiger partial charge in [-0.05, 0) is 20.8 Å². The zero-order valence-corrected chi connectivity index (χ0v) is 13.4. The van der Waals surface area contributed by atoms with E-state index in [0.29, 0.717) is 0 Å². The third-order valence-electron chi connectivity index (χ3n) is 3.03. The summed E-state index contributed by atoms with van der Waals surface area (Å²) in [7, 11) is 0. The number of esters is 1. The first-order valence-electron chi connectivity index (χ1n) is 6.59. The van der Waals surface area contributed by atoms with Crippen molar-refractivity contribution in [3.8, 4) is 0 Å². The number of rotatable bonds is 7. The molecule has 22 heavy (non-hydrogen) atoms. The normalized spacial score (nSPS) is 13.3. The molecule has 2 atom stereocenters. The Morgan fingerprint density at radius 3 is 2.68 bits per heavy atom. The number of carbonyl (C=O) groups is 2. The van der Waals surface area contributed by atoms with Gasteiger partial charge in [0, 0.05) is 5.75 Å². The van der Waals surface area contributed by atoms with Gasteiger partial charge in [0.2, 0.25) is 5.91 Å². The number of hydrogen-bond donors (Lipinski definition) is 2. The molecule has 0 saturated carbocycles. The summed E-state index contributed by atoms with van der Waals surface area (Å²) < 4.78 is 6.06. The van der Waals surface area contributed by atoms with Crippen LogP contribution in [0.2, 0.25) is 0 Å². The molecule has 122 valence electrons. The fourth-order valence-electron chi connectivity index (χ4n) is 1.81. The van der Waals surface area contributed by atoms with Crippen LogP contribution in [0.5, 0.6) is 0 Å². The molecular weight excluding hydrogens is 312 g/mol. The van der Waals surface area contributed by atoms with Crippen LogP contribution in [0.15, 0.2) is 6.20 Å². The standard InChI is InChI=1S/C12H18N4O5S/c1-4-21-12(18)9(6-22)14-11(17)8(3)15-7(2)10(5-13-15)16(19)20/h5,8-9,22H,4,6H2,1-3H3,(H,14,17)/t8?,9-/m0/s1. The Labute approximate surface area is 132 Å². The molecule has 0 saturated heterocycles. The summed E-state index contributed by atoms with van der Waals surface area (Å²) in [5, 5.41) is 17.1. The zero-order valence-electron chi connectivity index (χ0n) is 12.5. The second-order valence-corrected chi connectivity index (χ2v) is 4.85. The highest BCUT2D eigenvalue weighted by molar-refractivity contribution is 7.80. The van der Waals surface area contributed by atoms with Gasteiger partial charge in [0.1, 0.15) is 24.0 Å². The minimum absolute atomic E-state index is 0.0789. The largest absolute Gasteiger partial charge is 0.464 e. The van der Waals surface area contributed by atoms with E-state index in [9.17, 15) is 19.7 Å². The highest BCUT2D eigenvalue weighted by atomic mass is 32.1. The number of nitro groups is 1. The van der Waals surface area contributed by atoms with E-state index in [1.807, 2.05) is 0 Å². The minimum Gasteiger partial charge on any atom is -0.464 e. The average Bonchev–Trinajstić information content (AvgIpc) is 2.85. The zero-order chi connectivity index (χ0) is 16.9. The van der Waals surface area contributed by atoms with Crippen LogP contribution in [-0.2, 0) is 14.3 Å². The van der Waals surface area contributed by atoms with Gasteiger partial charge in [-0.1, -0.05) is 0 Å². The van der Waals surface area contributed by atoms with Crippen LogP contribution in [0.1, 0.15) is 25.6 Å². The molecule has 1 N–H and O–H groups in total. The SMILES string of the molecule is CCOC(=O)[C@H](CS)NC(=O)C(C)n1ncc([N+](=O)[O-])c1C. The van der Waals surface area contributed by atoms with Crippen LogP contribution in [-0.4, -0.2) is 45.0 Å². The molecule has 0 fully saturated rings. The Hall–Kier alpha value is -2.10. The van der Waals surface area contributed by atoms with Crippen LogP contribution in [0.3, 0.4) is 0 Å². The van der Waals surface area contributed by atoms with Crippen LogP contribution < -0.4 is 5.32 Å². The number of nitrogens with one attached hydrogen (secondary N) is 1. The predicted octanol–water partition coefficient (Wildman–Crippen LogP) is 0.638. The molecule has 0 aliphatic heterocycles. The fraction of sp³-hybridized carbons (Fsp3) is 0.583. The number of nitrogens with zero attached hydrogens (tertiary/aromatic N) is 3. The van der Waals surface area contributed by atoms with Crippen LogP contribution in [0, 0.1) is 17.0 Å². The van der Waals surface area contributed by atoms with Crippen molar-refractivity contribution < 1.29 is 19.2 Å². The molecule has 1 heterocycles. The van der Waals surface area contributed by atoms with Crippen molar-refractivity contribution in [2.45, 2.75) is 32.9 Å². The third-order valence-corrected chi connectivity index (χ3v) is 3.40. The first kappa shape index (κ1) is 18.0. The van der Waals surface area contributed by atoms with E-state index in [2.05, 4.69) is 23.0 Å². The molecule has 9 nitrogen and oxygen atoms in total. The van der Waals surface area contributed by atoms with Crippen molar-refractivity contribution in [2.24, 2.45) is 0 Å². The lowest BCUT2D eigenvalue weighted by molar-refractivity contribution is -0.385. The van der Waals surface area contributed by atoms with Gasteiger partial charge in [-0.15, -0.1) is 0 Å². The Kier molecular flexibility index (Phi) is 6.35. The first-order chi connectivity index (χ1) is 10.3. The monoisotopic (exact) mass is 330 g/mol. The highest BCUT2D eigenvalue weighted by Crippen LogP contribution is 2.20. The van der Waals surface area contributed by atoms with Crippen molar-refractivity contribution in [2.75, 3.05) is 12.4 Å². The van der Waals surface area contributed by atoms with E-state index in [0.717, 1.165) is 6.20 Å². The van der Waals surface area contributed by atoms with Crippen molar-refractivity contribution in [3.05, 3.63) is 22.0 Å². The molecular formula is C12H18N4O5S. The molecule has 10 heteroatoms. The van der Waals surface area contributed by atoms with Gasteiger partial charge >= 0.3 is 11.7 Å². The average molecular weight is 330 g/mol. The van der Waals surface area contributed by atoms with Crippen molar-refractivity contribution in [1.29, 1.82) is 0 Å². The number of amides is 1. The summed E-state index contributed by atoms with van der Waals surface area (Å²) in [5.41, 5.74) is 0.0852. The van der Waals surface area contributed by atoms with Gasteiger partial charge in [-0.2, -0.15) is 17.7 Å². The molecule has 0 aliphatic carbocycles. The lowest BCUT2D eigenvalue weighted by Crippen LogP contribution is -2.45. The Bertz CT molecular complexity index is 574. The summed E-state index contributed by atoms with van der Waals surface area (Å²) >= 11 is 4.00. The van der Waals surface area contributed by atoms with E-state index >= 15 is 0 Å². The lowest BCUT2D eigenvalue weighted by atomic mass is 10.2. The first-order valence-corrected chi connectivity index (χ1v) is 7.23. The van der Waals surface area contributed by atoms with Crippen molar-refractivity contribution in [3.63, 3.8) is 0 Å². The molecule has 0 bridgehead atoms. The quantitative estimate of drug-likeness (QED) is 0.328. The Morgan fingerprint density at radius 2 is 2.23 bits per heavy atom. The number of ether oxygens (including phenoxy) is 1. The predicted molar refractivity (Wildman–Crippen MR) is 80.7 cm³/mol. The second kappa shape index (κ2) is 7.78. The maximum absolute atomic E-state index is 12.2. The number of hydrogen-bond acceptors (Lipinski definition) is 7. The molecule has 1 aromatic rings. The summed E-state index contributed by atoms with van der Waals surface area (Å²) in [4.78, 5) is 34.0. The van der Waals surface area contributed by atoms with Crippen LogP contribution in [0.4, 0.5) is 5.69 Å². The molecule has 1 aromatic heterocycles. The van der Waals surface area contributed by atoms with Gasteiger partial charge in [-0.3, -0.25) is 19.6 Å². The molecule has 1 amide bonds. The van der Waals surface area contributed by atoms with E-state index in [1.165, 1.54) is 18.5 Å². The maximum atomic E-state index is 12.2. The smallest absolute Gasteiger partial charge is 0.329 e. The topological polar surface area (TPSA) is 116 Å². The summed E-state index contributed by atoms with van der Waals surface area (Å²) in [6, 6.07) is -1.70. The molecule has 1 rings (SSSR count). The fourth-order valence-corrected chi connectivity index (χ4v) is 2.05. The molecule has 1 unspecified atom stereocenters. The van der Waals surface area contributed by atoms with Gasteiger partial charge in [0.25, 0.3) is 0 Å². The Balaban J connectivity index is 2.84. The van der Waals surface area contributed by atoms with E-state index < -0.39 is 28.9 Å². The maximum Gasteiger partial charge on any atom is 0.329 e. The molecule has 0 aliphatic rings. The van der Waals surface area contributed by atoms with E-state index in [1.54, 1.807) is 6.92 Å².